The van der Waals surface area contributed by atoms with Crippen LogP contribution in [0.2, 0.25) is 0 Å². The molecule has 5 nitrogen and oxygen atoms in total. The Kier molecular flexibility index (Phi) is 2.75. The summed E-state index contributed by atoms with van der Waals surface area (Å²) >= 11 is 1.29. The van der Waals surface area contributed by atoms with E-state index in [1.165, 1.54) is 23.5 Å². The van der Waals surface area contributed by atoms with Gasteiger partial charge in [0.1, 0.15) is 11.5 Å². The number of nitrogens with zero attached hydrogens (tertiary/aromatic N) is 3. The molecule has 0 aliphatic rings. The highest BCUT2D eigenvalue weighted by molar-refractivity contribution is 7.13. The van der Waals surface area contributed by atoms with E-state index in [9.17, 15) is 4.39 Å². The summed E-state index contributed by atoms with van der Waals surface area (Å²) in [6.45, 7) is 1.85. The van der Waals surface area contributed by atoms with Crippen molar-refractivity contribution in [1.29, 1.82) is 0 Å². The van der Waals surface area contributed by atoms with E-state index >= 15 is 0 Å². The lowest BCUT2D eigenvalue weighted by Crippen LogP contribution is -1.87. The Labute approximate surface area is 111 Å². The Morgan fingerprint density at radius 2 is 2.16 bits per heavy atom. The minimum Gasteiger partial charge on any atom is -0.375 e. The third kappa shape index (κ3) is 2.19. The highest BCUT2D eigenvalue weighted by atomic mass is 32.1. The fourth-order valence-electron chi connectivity index (χ4n) is 1.66. The summed E-state index contributed by atoms with van der Waals surface area (Å²) in [5.74, 6) is 0.259. The molecule has 3 rings (SSSR count). The smallest absolute Gasteiger partial charge is 0.277 e. The largest absolute Gasteiger partial charge is 0.375 e. The summed E-state index contributed by atoms with van der Waals surface area (Å²) in [4.78, 5) is 8.26. The third-order valence-electron chi connectivity index (χ3n) is 2.61. The van der Waals surface area contributed by atoms with Gasteiger partial charge < -0.3 is 10.3 Å². The van der Waals surface area contributed by atoms with E-state index in [1.54, 1.807) is 11.4 Å². The molecule has 0 aliphatic carbocycles. The second-order valence-electron chi connectivity index (χ2n) is 3.95. The van der Waals surface area contributed by atoms with Crippen molar-refractivity contribution in [2.75, 3.05) is 5.73 Å². The van der Waals surface area contributed by atoms with Gasteiger partial charge in [0.05, 0.1) is 0 Å². The Morgan fingerprint density at radius 3 is 2.89 bits per heavy atom. The molecule has 0 unspecified atom stereocenters. The lowest BCUT2D eigenvalue weighted by Gasteiger charge is -1.99. The Balaban J connectivity index is 2.03. The second kappa shape index (κ2) is 4.43. The van der Waals surface area contributed by atoms with Crippen molar-refractivity contribution in [3.63, 3.8) is 0 Å². The van der Waals surface area contributed by atoms with Gasteiger partial charge in [-0.25, -0.2) is 9.37 Å². The van der Waals surface area contributed by atoms with Crippen LogP contribution >= 0.6 is 11.3 Å². The number of nitrogen functional groups attached to an aromatic ring is 1. The van der Waals surface area contributed by atoms with E-state index in [1.807, 2.05) is 6.92 Å². The van der Waals surface area contributed by atoms with Crippen LogP contribution in [0, 0.1) is 12.7 Å². The molecule has 0 bridgehead atoms. The maximum absolute atomic E-state index is 13.3. The van der Waals surface area contributed by atoms with Crippen molar-refractivity contribution in [1.82, 2.24) is 15.1 Å². The summed E-state index contributed by atoms with van der Waals surface area (Å²) in [5.41, 5.74) is 7.53. The van der Waals surface area contributed by atoms with Crippen molar-refractivity contribution in [2.24, 2.45) is 0 Å². The van der Waals surface area contributed by atoms with Crippen LogP contribution in [0.25, 0.3) is 23.0 Å². The van der Waals surface area contributed by atoms with Crippen LogP contribution in [0.1, 0.15) is 5.56 Å². The first-order chi connectivity index (χ1) is 9.13. The molecular formula is C12H9FN4OS. The van der Waals surface area contributed by atoms with Crippen molar-refractivity contribution >= 4 is 16.5 Å². The molecular weight excluding hydrogens is 267 g/mol. The summed E-state index contributed by atoms with van der Waals surface area (Å²) in [7, 11) is 0. The molecule has 7 heteroatoms. The van der Waals surface area contributed by atoms with Crippen molar-refractivity contribution < 1.29 is 8.91 Å². The van der Waals surface area contributed by atoms with Crippen LogP contribution in [0.5, 0.6) is 0 Å². The molecule has 2 heterocycles. The normalized spacial score (nSPS) is 10.8. The summed E-state index contributed by atoms with van der Waals surface area (Å²) in [6.07, 6.45) is 0. The maximum atomic E-state index is 13.3. The molecule has 1 aromatic carbocycles. The van der Waals surface area contributed by atoms with Gasteiger partial charge >= 0.3 is 0 Å². The summed E-state index contributed by atoms with van der Waals surface area (Å²) in [6, 6.07) is 4.43. The molecule has 96 valence electrons. The molecule has 0 amide bonds. The summed E-state index contributed by atoms with van der Waals surface area (Å²) in [5, 5.41) is 6.00. The van der Waals surface area contributed by atoms with Gasteiger partial charge in [0.2, 0.25) is 5.82 Å². The topological polar surface area (TPSA) is 77.8 Å². The number of thiazole rings is 1. The van der Waals surface area contributed by atoms with Crippen LogP contribution in [0.15, 0.2) is 28.1 Å². The number of aryl methyl sites for hydroxylation is 1. The minimum absolute atomic E-state index is 0.270. The highest BCUT2D eigenvalue weighted by Gasteiger charge is 2.15. The number of hydrogen-bond donors (Lipinski definition) is 1. The summed E-state index contributed by atoms with van der Waals surface area (Å²) < 4.78 is 18.4. The molecule has 0 spiro atoms. The van der Waals surface area contributed by atoms with Gasteiger partial charge in [0.25, 0.3) is 5.89 Å². The predicted octanol–water partition coefficient (Wildman–Crippen LogP) is 2.89. The maximum Gasteiger partial charge on any atom is 0.277 e. The van der Waals surface area contributed by atoms with Crippen molar-refractivity contribution in [2.45, 2.75) is 6.92 Å². The van der Waals surface area contributed by atoms with Gasteiger partial charge in [-0.3, -0.25) is 0 Å². The standard InChI is InChI=1S/C12H9FN4OS/c1-6-2-3-7(13)4-8(6)10-16-11(18-17-10)9-5-19-12(14)15-9/h2-5H,1H3,(H2,14,15). The zero-order valence-corrected chi connectivity index (χ0v) is 10.7. The van der Waals surface area contributed by atoms with Crippen LogP contribution in [-0.2, 0) is 0 Å². The molecule has 0 saturated heterocycles. The fraction of sp³-hybridized carbons (Fsp3) is 0.0833. The van der Waals surface area contributed by atoms with Gasteiger partial charge in [0.15, 0.2) is 5.13 Å². The van der Waals surface area contributed by atoms with E-state index in [2.05, 4.69) is 15.1 Å². The minimum atomic E-state index is -0.343. The number of nitrogens with two attached hydrogens (primary N) is 1. The second-order valence-corrected chi connectivity index (χ2v) is 4.84. The van der Waals surface area contributed by atoms with Gasteiger partial charge in [-0.1, -0.05) is 11.2 Å². The average Bonchev–Trinajstić information content (AvgIpc) is 3.00. The van der Waals surface area contributed by atoms with Crippen LogP contribution in [-0.4, -0.2) is 15.1 Å². The first-order valence-electron chi connectivity index (χ1n) is 5.45. The molecule has 0 atom stereocenters. The van der Waals surface area contributed by atoms with E-state index in [0.717, 1.165) is 5.56 Å². The van der Waals surface area contributed by atoms with Gasteiger partial charge in [-0.05, 0) is 24.6 Å². The molecule has 3 aromatic rings. The zero-order valence-electron chi connectivity index (χ0n) is 9.92. The number of anilines is 1. The monoisotopic (exact) mass is 276 g/mol. The SMILES string of the molecule is Cc1ccc(F)cc1-c1noc(-c2csc(N)n2)n1. The van der Waals surface area contributed by atoms with Gasteiger partial charge in [-0.2, -0.15) is 4.98 Å². The first-order valence-corrected chi connectivity index (χ1v) is 6.33. The van der Waals surface area contributed by atoms with Crippen molar-refractivity contribution in [3.8, 4) is 23.0 Å². The number of rotatable bonds is 2. The number of aromatic nitrogens is 3. The Bertz CT molecular complexity index is 737. The molecule has 0 saturated carbocycles. The molecule has 0 radical (unpaired) electrons. The number of benzene rings is 1. The predicted molar refractivity (Wildman–Crippen MR) is 69.9 cm³/mol. The molecule has 19 heavy (non-hydrogen) atoms. The van der Waals surface area contributed by atoms with Gasteiger partial charge in [0, 0.05) is 10.9 Å². The van der Waals surface area contributed by atoms with Gasteiger partial charge in [-0.15, -0.1) is 11.3 Å². The first kappa shape index (κ1) is 11.8. The molecule has 2 N–H and O–H groups in total. The Hall–Kier alpha value is -2.28. The van der Waals surface area contributed by atoms with E-state index in [0.29, 0.717) is 22.2 Å². The van der Waals surface area contributed by atoms with E-state index in [-0.39, 0.29) is 11.7 Å². The van der Waals surface area contributed by atoms with E-state index in [4.69, 9.17) is 10.3 Å². The van der Waals surface area contributed by atoms with E-state index < -0.39 is 0 Å². The number of halogens is 1. The van der Waals surface area contributed by atoms with Crippen LogP contribution < -0.4 is 5.73 Å². The highest BCUT2D eigenvalue weighted by Crippen LogP contribution is 2.26. The fourth-order valence-corrected chi connectivity index (χ4v) is 2.19. The third-order valence-corrected chi connectivity index (χ3v) is 3.28. The molecule has 2 aromatic heterocycles. The Morgan fingerprint density at radius 1 is 1.32 bits per heavy atom. The van der Waals surface area contributed by atoms with Crippen molar-refractivity contribution in [3.05, 3.63) is 35.0 Å². The van der Waals surface area contributed by atoms with Crippen LogP contribution in [0.4, 0.5) is 9.52 Å². The molecule has 0 aliphatic heterocycles. The average molecular weight is 276 g/mol. The lowest BCUT2D eigenvalue weighted by molar-refractivity contribution is 0.431. The zero-order chi connectivity index (χ0) is 13.4. The lowest BCUT2D eigenvalue weighted by atomic mass is 10.1. The number of hydrogen-bond acceptors (Lipinski definition) is 6. The van der Waals surface area contributed by atoms with Crippen LogP contribution in [0.3, 0.4) is 0 Å². The quantitative estimate of drug-likeness (QED) is 0.778. The molecule has 0 fully saturated rings.